The van der Waals surface area contributed by atoms with Gasteiger partial charge in [0.25, 0.3) is 5.91 Å². The molecule has 3 aromatic carbocycles. The molecule has 1 heterocycles. The van der Waals surface area contributed by atoms with Gasteiger partial charge in [-0.1, -0.05) is 25.1 Å². The van der Waals surface area contributed by atoms with Crippen LogP contribution in [0.15, 0.2) is 65.6 Å². The van der Waals surface area contributed by atoms with Gasteiger partial charge in [0.2, 0.25) is 0 Å². The number of sulfone groups is 1. The largest absolute Gasteiger partial charge is 0.490 e. The van der Waals surface area contributed by atoms with Crippen molar-refractivity contribution in [2.45, 2.75) is 43.0 Å². The van der Waals surface area contributed by atoms with Crippen molar-refractivity contribution >= 4 is 27.1 Å². The van der Waals surface area contributed by atoms with Gasteiger partial charge in [-0.05, 0) is 72.4 Å². The first-order valence-corrected chi connectivity index (χ1v) is 14.6. The van der Waals surface area contributed by atoms with Gasteiger partial charge in [0, 0.05) is 5.56 Å². The van der Waals surface area contributed by atoms with Crippen LogP contribution in [0.1, 0.15) is 65.2 Å². The lowest BCUT2D eigenvalue weighted by Gasteiger charge is -2.32. The summed E-state index contributed by atoms with van der Waals surface area (Å²) in [5.74, 6) is 0.710. The molecule has 9 heteroatoms. The van der Waals surface area contributed by atoms with Crippen LogP contribution in [0.4, 0.5) is 11.4 Å². The molecular formula is C30H28N4O4S. The molecule has 8 nitrogen and oxygen atoms in total. The van der Waals surface area contributed by atoms with Crippen LogP contribution >= 0.6 is 0 Å². The predicted molar refractivity (Wildman–Crippen MR) is 147 cm³/mol. The smallest absolute Gasteiger partial charge is 0.251 e. The maximum atomic E-state index is 13.2. The Kier molecular flexibility index (Phi) is 7.28. The van der Waals surface area contributed by atoms with E-state index >= 15 is 0 Å². The van der Waals surface area contributed by atoms with Crippen LogP contribution in [0.5, 0.6) is 5.75 Å². The van der Waals surface area contributed by atoms with Crippen molar-refractivity contribution in [1.29, 1.82) is 10.5 Å². The molecule has 1 aliphatic carbocycles. The summed E-state index contributed by atoms with van der Waals surface area (Å²) in [6, 6.07) is 21.2. The Bertz CT molecular complexity index is 1600. The van der Waals surface area contributed by atoms with E-state index < -0.39 is 15.9 Å². The number of hydrogen-bond donors (Lipinski definition) is 1. The lowest BCUT2D eigenvalue weighted by Crippen LogP contribution is -2.31. The number of rotatable bonds is 8. The zero-order valence-electron chi connectivity index (χ0n) is 21.6. The summed E-state index contributed by atoms with van der Waals surface area (Å²) < 4.78 is 30.2. The quantitative estimate of drug-likeness (QED) is 0.419. The molecule has 0 radical (unpaired) electrons. The highest BCUT2D eigenvalue weighted by Gasteiger charge is 2.28. The van der Waals surface area contributed by atoms with E-state index in [1.54, 1.807) is 31.2 Å². The first kappa shape index (κ1) is 26.3. The summed E-state index contributed by atoms with van der Waals surface area (Å²) in [5.41, 5.74) is 4.45. The zero-order valence-corrected chi connectivity index (χ0v) is 22.4. The summed E-state index contributed by atoms with van der Waals surface area (Å²) in [4.78, 5) is 15.5. The molecule has 0 aromatic heterocycles. The Morgan fingerprint density at radius 2 is 1.85 bits per heavy atom. The summed E-state index contributed by atoms with van der Waals surface area (Å²) in [5, 5.41) is 22.0. The standard InChI is InChI=1S/C30H28N4O4S/c1-2-39(36,37)25-10-7-21(8-11-25)26(13-14-31)33-30(35)23-9-12-27-29(18-23)38-16-15-34(27)28-17-22(20-3-4-20)5-6-24(28)19-32/h5-12,17-18,20,26H,2-4,13,15-16H2,1H3,(H,33,35)/t26-/m0/s1. The molecule has 1 amide bonds. The number of benzene rings is 3. The van der Waals surface area contributed by atoms with Gasteiger partial charge in [-0.2, -0.15) is 10.5 Å². The third kappa shape index (κ3) is 5.45. The van der Waals surface area contributed by atoms with Gasteiger partial charge in [0.15, 0.2) is 9.84 Å². The SMILES string of the molecule is CCS(=O)(=O)c1ccc([C@H](CC#N)NC(=O)c2ccc3c(c2)OCCN3c2cc(C3CC3)ccc2C#N)cc1. The molecule has 1 aliphatic heterocycles. The van der Waals surface area contributed by atoms with Crippen molar-refractivity contribution in [1.82, 2.24) is 5.32 Å². The summed E-state index contributed by atoms with van der Waals surface area (Å²) in [6.45, 7) is 2.56. The highest BCUT2D eigenvalue weighted by molar-refractivity contribution is 7.91. The average Bonchev–Trinajstić information content (AvgIpc) is 3.82. The van der Waals surface area contributed by atoms with Crippen molar-refractivity contribution in [3.8, 4) is 17.9 Å². The minimum Gasteiger partial charge on any atom is -0.490 e. The molecule has 0 bridgehead atoms. The van der Waals surface area contributed by atoms with Gasteiger partial charge in [0.05, 0.1) is 52.7 Å². The van der Waals surface area contributed by atoms with E-state index in [0.29, 0.717) is 41.5 Å². The Morgan fingerprint density at radius 3 is 2.51 bits per heavy atom. The number of anilines is 2. The van der Waals surface area contributed by atoms with Crippen molar-refractivity contribution in [2.24, 2.45) is 0 Å². The first-order chi connectivity index (χ1) is 18.8. The number of carbonyl (C=O) groups excluding carboxylic acids is 1. The monoisotopic (exact) mass is 540 g/mol. The zero-order chi connectivity index (χ0) is 27.6. The van der Waals surface area contributed by atoms with Gasteiger partial charge in [-0.25, -0.2) is 8.42 Å². The second-order valence-corrected chi connectivity index (χ2v) is 12.0. The second kappa shape index (κ2) is 10.8. The Labute approximate surface area is 228 Å². The normalized spacial score (nSPS) is 15.3. The van der Waals surface area contributed by atoms with Crippen LogP contribution in [0.3, 0.4) is 0 Å². The van der Waals surface area contributed by atoms with E-state index in [2.05, 4.69) is 28.4 Å². The van der Waals surface area contributed by atoms with E-state index in [9.17, 15) is 23.7 Å². The third-order valence-electron chi connectivity index (χ3n) is 7.19. The van der Waals surface area contributed by atoms with Crippen molar-refractivity contribution in [2.75, 3.05) is 23.8 Å². The fraction of sp³-hybridized carbons (Fsp3) is 0.300. The van der Waals surface area contributed by atoms with E-state index in [4.69, 9.17) is 4.74 Å². The number of ether oxygens (including phenoxy) is 1. The number of carbonyl (C=O) groups is 1. The van der Waals surface area contributed by atoms with Crippen LogP contribution < -0.4 is 15.0 Å². The maximum Gasteiger partial charge on any atom is 0.251 e. The van der Waals surface area contributed by atoms with E-state index in [0.717, 1.165) is 24.2 Å². The lowest BCUT2D eigenvalue weighted by atomic mass is 10.0. The molecule has 0 saturated heterocycles. The van der Waals surface area contributed by atoms with Crippen LogP contribution in [0.25, 0.3) is 0 Å². The fourth-order valence-corrected chi connectivity index (χ4v) is 5.69. The number of nitriles is 2. The highest BCUT2D eigenvalue weighted by atomic mass is 32.2. The minimum absolute atomic E-state index is 0.00763. The third-order valence-corrected chi connectivity index (χ3v) is 8.94. The van der Waals surface area contributed by atoms with E-state index in [-0.39, 0.29) is 23.0 Å². The number of amides is 1. The molecule has 2 aliphatic rings. The molecule has 0 spiro atoms. The molecule has 39 heavy (non-hydrogen) atoms. The minimum atomic E-state index is -3.35. The average molecular weight is 541 g/mol. The Morgan fingerprint density at radius 1 is 1.08 bits per heavy atom. The van der Waals surface area contributed by atoms with Crippen molar-refractivity contribution in [3.63, 3.8) is 0 Å². The fourth-order valence-electron chi connectivity index (χ4n) is 4.81. The maximum absolute atomic E-state index is 13.2. The van der Waals surface area contributed by atoms with Gasteiger partial charge in [-0.3, -0.25) is 4.79 Å². The van der Waals surface area contributed by atoms with Gasteiger partial charge < -0.3 is 15.0 Å². The van der Waals surface area contributed by atoms with Crippen LogP contribution in [0.2, 0.25) is 0 Å². The lowest BCUT2D eigenvalue weighted by molar-refractivity contribution is 0.0936. The first-order valence-electron chi connectivity index (χ1n) is 12.9. The van der Waals surface area contributed by atoms with E-state index in [1.807, 2.05) is 18.2 Å². The molecule has 1 N–H and O–H groups in total. The molecule has 1 fully saturated rings. The highest BCUT2D eigenvalue weighted by Crippen LogP contribution is 2.44. The second-order valence-electron chi connectivity index (χ2n) is 9.71. The van der Waals surface area contributed by atoms with Crippen LogP contribution in [-0.2, 0) is 9.84 Å². The Balaban J connectivity index is 1.39. The summed E-state index contributed by atoms with van der Waals surface area (Å²) >= 11 is 0. The number of hydrogen-bond acceptors (Lipinski definition) is 7. The molecule has 5 rings (SSSR count). The van der Waals surface area contributed by atoms with Gasteiger partial charge in [-0.15, -0.1) is 0 Å². The van der Waals surface area contributed by atoms with Crippen molar-refractivity contribution in [3.05, 3.63) is 82.9 Å². The molecular weight excluding hydrogens is 512 g/mol. The van der Waals surface area contributed by atoms with Crippen LogP contribution in [-0.4, -0.2) is 33.2 Å². The topological polar surface area (TPSA) is 123 Å². The van der Waals surface area contributed by atoms with Crippen LogP contribution in [0, 0.1) is 22.7 Å². The molecule has 198 valence electrons. The van der Waals surface area contributed by atoms with E-state index in [1.165, 1.54) is 17.7 Å². The summed E-state index contributed by atoms with van der Waals surface area (Å²) in [6.07, 6.45) is 2.35. The molecule has 0 unspecified atom stereocenters. The number of nitrogens with zero attached hydrogens (tertiary/aromatic N) is 3. The molecule has 3 aromatic rings. The predicted octanol–water partition coefficient (Wildman–Crippen LogP) is 5.14. The van der Waals surface area contributed by atoms with Crippen molar-refractivity contribution < 1.29 is 17.9 Å². The summed E-state index contributed by atoms with van der Waals surface area (Å²) in [7, 11) is -3.35. The molecule has 1 atom stereocenters. The molecule has 1 saturated carbocycles. The van der Waals surface area contributed by atoms with Gasteiger partial charge >= 0.3 is 0 Å². The Hall–Kier alpha value is -4.34. The van der Waals surface area contributed by atoms with Gasteiger partial charge in [0.1, 0.15) is 18.4 Å². The number of fused-ring (bicyclic) bond motifs is 1. The number of nitrogens with one attached hydrogen (secondary N) is 1.